The molecule has 0 heterocycles. The summed E-state index contributed by atoms with van der Waals surface area (Å²) in [7, 11) is 1.61. The maximum absolute atomic E-state index is 12.3. The number of hydrogen-bond donors (Lipinski definition) is 1. The molecule has 2 rings (SSSR count). The van der Waals surface area contributed by atoms with Crippen LogP contribution in [0.1, 0.15) is 38.5 Å². The highest BCUT2D eigenvalue weighted by atomic mass is 16.6. The van der Waals surface area contributed by atoms with Crippen LogP contribution in [0, 0.1) is 11.8 Å². The first-order valence-electron chi connectivity index (χ1n) is 9.18. The van der Waals surface area contributed by atoms with E-state index in [0.717, 1.165) is 25.7 Å². The zero-order valence-electron chi connectivity index (χ0n) is 15.3. The molecule has 2 aliphatic rings. The molecule has 0 aromatic heterocycles. The van der Waals surface area contributed by atoms with Crippen LogP contribution in [0.4, 0.5) is 0 Å². The van der Waals surface area contributed by atoms with E-state index in [1.807, 2.05) is 0 Å². The van der Waals surface area contributed by atoms with Crippen molar-refractivity contribution in [3.05, 3.63) is 0 Å². The zero-order chi connectivity index (χ0) is 18.8. The number of amides is 1. The summed E-state index contributed by atoms with van der Waals surface area (Å²) in [6.07, 6.45) is 5.64. The lowest BCUT2D eigenvalue weighted by Gasteiger charge is -2.16. The fourth-order valence-corrected chi connectivity index (χ4v) is 2.47. The quantitative estimate of drug-likeness (QED) is 0.261. The fraction of sp³-hybridized carbons (Fsp3) is 0.778. The van der Waals surface area contributed by atoms with Crippen molar-refractivity contribution < 1.29 is 28.7 Å². The molecule has 2 aliphatic carbocycles. The summed E-state index contributed by atoms with van der Waals surface area (Å²) in [5, 5.41) is 6.31. The summed E-state index contributed by atoms with van der Waals surface area (Å²) in [5.74, 6) is -0.348. The van der Waals surface area contributed by atoms with Crippen LogP contribution in [0.5, 0.6) is 0 Å². The molecule has 0 aliphatic heterocycles. The number of rotatable bonds is 15. The molecule has 1 N–H and O–H groups in total. The van der Waals surface area contributed by atoms with Crippen LogP contribution in [0.2, 0.25) is 0 Å². The van der Waals surface area contributed by atoms with Gasteiger partial charge >= 0.3 is 0 Å². The van der Waals surface area contributed by atoms with Crippen LogP contribution in [0.25, 0.3) is 0 Å². The van der Waals surface area contributed by atoms with Gasteiger partial charge in [-0.15, -0.1) is 0 Å². The molecular formula is C18H28N2O6. The van der Waals surface area contributed by atoms with E-state index in [1.165, 1.54) is 6.21 Å². The van der Waals surface area contributed by atoms with Crippen molar-refractivity contribution in [1.29, 1.82) is 0 Å². The minimum absolute atomic E-state index is 0.00986. The minimum Gasteiger partial charge on any atom is -0.386 e. The smallest absolute Gasteiger partial charge is 0.261 e. The predicted molar refractivity (Wildman–Crippen MR) is 93.8 cm³/mol. The Kier molecular flexibility index (Phi) is 8.70. The number of methoxy groups -OCH3 is 1. The summed E-state index contributed by atoms with van der Waals surface area (Å²) < 4.78 is 10.1. The zero-order valence-corrected chi connectivity index (χ0v) is 15.3. The lowest BCUT2D eigenvalue weighted by atomic mass is 10.0. The lowest BCUT2D eigenvalue weighted by Crippen LogP contribution is -2.44. The highest BCUT2D eigenvalue weighted by Gasteiger charge is 2.39. The third-order valence-corrected chi connectivity index (χ3v) is 4.26. The molecule has 0 aromatic carbocycles. The average Bonchev–Trinajstić information content (AvgIpc) is 3.50. The fourth-order valence-electron chi connectivity index (χ4n) is 2.47. The summed E-state index contributed by atoms with van der Waals surface area (Å²) in [6.45, 7) is 1.26. The van der Waals surface area contributed by atoms with Crippen LogP contribution < -0.4 is 5.32 Å². The topological polar surface area (TPSA) is 103 Å². The molecule has 8 nitrogen and oxygen atoms in total. The summed E-state index contributed by atoms with van der Waals surface area (Å²) in [5.41, 5.74) is 0. The van der Waals surface area contributed by atoms with Gasteiger partial charge in [-0.05, 0) is 25.7 Å². The van der Waals surface area contributed by atoms with Crippen molar-refractivity contribution in [2.75, 3.05) is 33.5 Å². The van der Waals surface area contributed by atoms with E-state index < -0.39 is 11.9 Å². The first-order valence-corrected chi connectivity index (χ1v) is 9.18. The molecule has 8 heteroatoms. The molecule has 0 spiro atoms. The van der Waals surface area contributed by atoms with E-state index in [0.29, 0.717) is 26.2 Å². The van der Waals surface area contributed by atoms with Crippen molar-refractivity contribution in [1.82, 2.24) is 5.32 Å². The maximum atomic E-state index is 12.3. The normalized spacial score (nSPS) is 17.9. The van der Waals surface area contributed by atoms with Crippen molar-refractivity contribution >= 4 is 23.7 Å². The first-order chi connectivity index (χ1) is 12.6. The SMILES string of the molecule is COCCOCC/C=N\OCC(=O)N[C@@H](CC(=O)C1CC1)C(=O)C1CC1. The Morgan fingerprint density at radius 2 is 1.85 bits per heavy atom. The van der Waals surface area contributed by atoms with E-state index in [9.17, 15) is 14.4 Å². The third kappa shape index (κ3) is 8.05. The molecule has 1 atom stereocenters. The Labute approximate surface area is 153 Å². The van der Waals surface area contributed by atoms with Crippen molar-refractivity contribution in [3.8, 4) is 0 Å². The Bertz CT molecular complexity index is 514. The minimum atomic E-state index is -0.732. The molecule has 0 saturated heterocycles. The standard InChI is InChI=1S/C18H28N2O6/c1-24-9-10-25-8-2-7-19-26-12-17(22)20-15(18(23)14-5-6-14)11-16(21)13-3-4-13/h7,13-15H,2-6,8-12H2,1H3,(H,20,22)/b19-7-/t15-/m0/s1. The molecule has 26 heavy (non-hydrogen) atoms. The highest BCUT2D eigenvalue weighted by Crippen LogP contribution is 2.34. The van der Waals surface area contributed by atoms with Gasteiger partial charge in [0.2, 0.25) is 0 Å². The summed E-state index contributed by atoms with van der Waals surface area (Å²) >= 11 is 0. The second-order valence-corrected chi connectivity index (χ2v) is 6.70. The molecule has 0 bridgehead atoms. The van der Waals surface area contributed by atoms with Gasteiger partial charge in [-0.3, -0.25) is 14.4 Å². The van der Waals surface area contributed by atoms with Crippen molar-refractivity contribution in [2.45, 2.75) is 44.6 Å². The van der Waals surface area contributed by atoms with Gasteiger partial charge in [-0.25, -0.2) is 0 Å². The van der Waals surface area contributed by atoms with Crippen LogP contribution in [0.15, 0.2) is 5.16 Å². The second kappa shape index (κ2) is 11.0. The number of oxime groups is 1. The van der Waals surface area contributed by atoms with Gasteiger partial charge in [0.25, 0.3) is 5.91 Å². The van der Waals surface area contributed by atoms with Crippen molar-refractivity contribution in [3.63, 3.8) is 0 Å². The van der Waals surface area contributed by atoms with E-state index >= 15 is 0 Å². The second-order valence-electron chi connectivity index (χ2n) is 6.70. The number of Topliss-reactive ketones (excluding diaryl/α,β-unsaturated/α-hetero) is 2. The Morgan fingerprint density at radius 3 is 2.50 bits per heavy atom. The molecule has 0 radical (unpaired) electrons. The van der Waals surface area contributed by atoms with Gasteiger partial charge in [-0.2, -0.15) is 0 Å². The Balaban J connectivity index is 1.62. The highest BCUT2D eigenvalue weighted by molar-refractivity contribution is 5.96. The van der Waals surface area contributed by atoms with Crippen LogP contribution in [0.3, 0.4) is 0 Å². The van der Waals surface area contributed by atoms with Gasteiger partial charge < -0.3 is 19.6 Å². The van der Waals surface area contributed by atoms with E-state index in [1.54, 1.807) is 7.11 Å². The number of carbonyl (C=O) groups excluding carboxylic acids is 3. The Morgan fingerprint density at radius 1 is 1.12 bits per heavy atom. The molecule has 1 amide bonds. The van der Waals surface area contributed by atoms with Gasteiger partial charge in [0.1, 0.15) is 5.78 Å². The molecule has 0 aromatic rings. The summed E-state index contributed by atoms with van der Waals surface area (Å²) in [4.78, 5) is 41.2. The number of ether oxygens (including phenoxy) is 2. The van der Waals surface area contributed by atoms with Crippen molar-refractivity contribution in [2.24, 2.45) is 17.0 Å². The maximum Gasteiger partial charge on any atom is 0.261 e. The average molecular weight is 368 g/mol. The molecule has 2 saturated carbocycles. The predicted octanol–water partition coefficient (Wildman–Crippen LogP) is 0.875. The third-order valence-electron chi connectivity index (χ3n) is 4.26. The molecule has 2 fully saturated rings. The molecule has 0 unspecified atom stereocenters. The molecular weight excluding hydrogens is 340 g/mol. The monoisotopic (exact) mass is 368 g/mol. The van der Waals surface area contributed by atoms with E-state index in [-0.39, 0.29) is 36.4 Å². The van der Waals surface area contributed by atoms with Crippen LogP contribution >= 0.6 is 0 Å². The van der Waals surface area contributed by atoms with Gasteiger partial charge in [0.15, 0.2) is 12.4 Å². The van der Waals surface area contributed by atoms with Gasteiger partial charge in [-0.1, -0.05) is 5.16 Å². The number of nitrogens with zero attached hydrogens (tertiary/aromatic N) is 1. The number of carbonyl (C=O) groups is 3. The number of ketones is 2. The number of nitrogens with one attached hydrogen (secondary N) is 1. The van der Waals surface area contributed by atoms with Gasteiger partial charge in [0.05, 0.1) is 25.9 Å². The lowest BCUT2D eigenvalue weighted by molar-refractivity contribution is -0.133. The van der Waals surface area contributed by atoms with E-state index in [4.69, 9.17) is 14.3 Å². The van der Waals surface area contributed by atoms with Crippen LogP contribution in [-0.4, -0.2) is 63.3 Å². The number of hydrogen-bond acceptors (Lipinski definition) is 7. The molecule has 146 valence electrons. The summed E-state index contributed by atoms with van der Waals surface area (Å²) in [6, 6.07) is -0.732. The largest absolute Gasteiger partial charge is 0.386 e. The van der Waals surface area contributed by atoms with E-state index in [2.05, 4.69) is 10.5 Å². The first kappa shape index (κ1) is 20.5. The van der Waals surface area contributed by atoms with Gasteiger partial charge in [0, 0.05) is 38.0 Å². The van der Waals surface area contributed by atoms with Crippen LogP contribution in [-0.2, 0) is 28.7 Å². The Hall–Kier alpha value is -1.80.